The summed E-state index contributed by atoms with van der Waals surface area (Å²) in [6.45, 7) is 2.96. The van der Waals surface area contributed by atoms with Crippen LogP contribution in [0.1, 0.15) is 32.6 Å². The molecule has 0 unspecified atom stereocenters. The molecule has 5 heteroatoms. The van der Waals surface area contributed by atoms with E-state index < -0.39 is 5.60 Å². The number of methoxy groups -OCH3 is 2. The first-order valence-corrected chi connectivity index (χ1v) is 7.44. The number of hydrogen-bond donors (Lipinski definition) is 0. The highest BCUT2D eigenvalue weighted by Gasteiger charge is 2.80. The van der Waals surface area contributed by atoms with Crippen LogP contribution in [0.2, 0.25) is 0 Å². The Balaban J connectivity index is 1.95. The molecule has 110 valence electrons. The van der Waals surface area contributed by atoms with Crippen LogP contribution in [0.5, 0.6) is 0 Å². The number of piperidine rings is 1. The van der Waals surface area contributed by atoms with E-state index >= 15 is 0 Å². The fraction of sp³-hybridized carbons (Fsp3) is 0.800. The Labute approximate surface area is 118 Å². The van der Waals surface area contributed by atoms with E-state index in [2.05, 4.69) is 6.92 Å². The fourth-order valence-electron chi connectivity index (χ4n) is 5.43. The molecule has 1 spiro atoms. The topological polar surface area (TPSA) is 48.0 Å². The molecule has 4 atom stereocenters. The van der Waals surface area contributed by atoms with Crippen LogP contribution in [0.25, 0.3) is 0 Å². The van der Waals surface area contributed by atoms with E-state index in [1.54, 1.807) is 14.2 Å². The Hall–Kier alpha value is -1.39. The molecule has 5 nitrogen and oxygen atoms in total. The molecule has 1 saturated carbocycles. The quantitative estimate of drug-likeness (QED) is 0.778. The molecule has 2 saturated heterocycles. The van der Waals surface area contributed by atoms with Gasteiger partial charge < -0.3 is 14.2 Å². The first kappa shape index (κ1) is 12.4. The molecule has 4 aliphatic rings. The maximum Gasteiger partial charge on any atom is 0.411 e. The lowest BCUT2D eigenvalue weighted by molar-refractivity contribution is -0.0309. The molecule has 4 rings (SSSR count). The molecule has 2 aliphatic carbocycles. The van der Waals surface area contributed by atoms with E-state index in [0.29, 0.717) is 5.92 Å². The van der Waals surface area contributed by atoms with Crippen LogP contribution in [-0.2, 0) is 14.2 Å². The van der Waals surface area contributed by atoms with Crippen molar-refractivity contribution in [3.63, 3.8) is 0 Å². The van der Waals surface area contributed by atoms with Crippen LogP contribution in [0, 0.1) is 11.8 Å². The summed E-state index contributed by atoms with van der Waals surface area (Å²) in [6, 6.07) is 0. The van der Waals surface area contributed by atoms with E-state index in [1.165, 1.54) is 0 Å². The zero-order valence-electron chi connectivity index (χ0n) is 12.3. The summed E-state index contributed by atoms with van der Waals surface area (Å²) in [5.41, 5.74) is -0.895. The first-order valence-electron chi connectivity index (χ1n) is 7.44. The van der Waals surface area contributed by atoms with Crippen LogP contribution in [-0.4, -0.2) is 42.9 Å². The standard InChI is InChI=1S/C15H21NO4/c1-9-7-10-5-4-6-16-13(17)20-15(9)12(19-3)11(18-2)8-14(10,15)16/h9-10H,4-8H2,1-3H3/t9-,10-,14-,15-/m0/s1. The van der Waals surface area contributed by atoms with Crippen molar-refractivity contribution in [1.82, 2.24) is 4.90 Å². The smallest absolute Gasteiger partial charge is 0.411 e. The van der Waals surface area contributed by atoms with Gasteiger partial charge in [0.1, 0.15) is 11.3 Å². The lowest BCUT2D eigenvalue weighted by Crippen LogP contribution is -2.60. The minimum atomic E-state index is -0.630. The molecule has 0 radical (unpaired) electrons. The third-order valence-electron chi connectivity index (χ3n) is 6.01. The number of nitrogens with zero attached hydrogens (tertiary/aromatic N) is 1. The summed E-state index contributed by atoms with van der Waals surface area (Å²) in [4.78, 5) is 14.4. The summed E-state index contributed by atoms with van der Waals surface area (Å²) >= 11 is 0. The van der Waals surface area contributed by atoms with Crippen LogP contribution in [0.15, 0.2) is 11.5 Å². The van der Waals surface area contributed by atoms with E-state index in [-0.39, 0.29) is 17.6 Å². The SMILES string of the molecule is COC1=C(OC)[C@@]23OC(=O)N4CCC[C@@H](C[C@@H]2C)[C@]43C1. The van der Waals surface area contributed by atoms with Gasteiger partial charge in [-0.2, -0.15) is 0 Å². The van der Waals surface area contributed by atoms with Crippen LogP contribution in [0.4, 0.5) is 4.79 Å². The molecule has 2 heterocycles. The van der Waals surface area contributed by atoms with Crippen molar-refractivity contribution in [2.45, 2.75) is 43.7 Å². The van der Waals surface area contributed by atoms with Crippen molar-refractivity contribution in [3.05, 3.63) is 11.5 Å². The number of carbonyl (C=O) groups is 1. The number of carbonyl (C=O) groups excluding carboxylic acids is 1. The second kappa shape index (κ2) is 3.62. The van der Waals surface area contributed by atoms with Gasteiger partial charge in [0.05, 0.1) is 14.2 Å². The second-order valence-electron chi connectivity index (χ2n) is 6.49. The minimum absolute atomic E-state index is 0.175. The van der Waals surface area contributed by atoms with Crippen molar-refractivity contribution in [2.24, 2.45) is 11.8 Å². The lowest BCUT2D eigenvalue weighted by atomic mass is 9.73. The Kier molecular flexibility index (Phi) is 2.24. The van der Waals surface area contributed by atoms with E-state index in [1.807, 2.05) is 4.90 Å². The summed E-state index contributed by atoms with van der Waals surface area (Å²) in [5.74, 6) is 2.34. The molecule has 3 fully saturated rings. The first-order chi connectivity index (χ1) is 9.61. The predicted octanol–water partition coefficient (Wildman–Crippen LogP) is 2.27. The van der Waals surface area contributed by atoms with Gasteiger partial charge in [0.2, 0.25) is 5.60 Å². The number of ether oxygens (including phenoxy) is 3. The second-order valence-corrected chi connectivity index (χ2v) is 6.49. The van der Waals surface area contributed by atoms with Crippen LogP contribution >= 0.6 is 0 Å². The molecule has 20 heavy (non-hydrogen) atoms. The molecule has 2 aliphatic heterocycles. The number of rotatable bonds is 2. The Morgan fingerprint density at radius 1 is 1.35 bits per heavy atom. The van der Waals surface area contributed by atoms with E-state index in [4.69, 9.17) is 14.2 Å². The highest BCUT2D eigenvalue weighted by Crippen LogP contribution is 2.68. The molecular weight excluding hydrogens is 258 g/mol. The predicted molar refractivity (Wildman–Crippen MR) is 70.8 cm³/mol. The highest BCUT2D eigenvalue weighted by atomic mass is 16.6. The highest BCUT2D eigenvalue weighted by molar-refractivity contribution is 5.76. The fourth-order valence-corrected chi connectivity index (χ4v) is 5.43. The maximum absolute atomic E-state index is 12.4. The average molecular weight is 279 g/mol. The maximum atomic E-state index is 12.4. The van der Waals surface area contributed by atoms with Gasteiger partial charge in [0, 0.05) is 18.9 Å². The number of amides is 1. The van der Waals surface area contributed by atoms with Crippen molar-refractivity contribution < 1.29 is 19.0 Å². The van der Waals surface area contributed by atoms with Gasteiger partial charge in [-0.25, -0.2) is 4.79 Å². The van der Waals surface area contributed by atoms with Gasteiger partial charge in [0.15, 0.2) is 5.76 Å². The molecule has 1 amide bonds. The number of hydrogen-bond acceptors (Lipinski definition) is 4. The molecule has 0 bridgehead atoms. The van der Waals surface area contributed by atoms with Gasteiger partial charge >= 0.3 is 6.09 Å². The van der Waals surface area contributed by atoms with Crippen molar-refractivity contribution >= 4 is 6.09 Å². The largest absolute Gasteiger partial charge is 0.497 e. The van der Waals surface area contributed by atoms with Crippen molar-refractivity contribution in [3.8, 4) is 0 Å². The third kappa shape index (κ3) is 1.00. The van der Waals surface area contributed by atoms with E-state index in [9.17, 15) is 4.79 Å². The average Bonchev–Trinajstić information content (AvgIpc) is 2.94. The van der Waals surface area contributed by atoms with Gasteiger partial charge in [-0.15, -0.1) is 0 Å². The van der Waals surface area contributed by atoms with Crippen molar-refractivity contribution in [1.29, 1.82) is 0 Å². The summed E-state index contributed by atoms with van der Waals surface area (Å²) < 4.78 is 17.2. The molecule has 0 N–H and O–H groups in total. The molecular formula is C15H21NO4. The van der Waals surface area contributed by atoms with Gasteiger partial charge in [-0.1, -0.05) is 6.92 Å². The Morgan fingerprint density at radius 3 is 2.85 bits per heavy atom. The van der Waals surface area contributed by atoms with Gasteiger partial charge in [-0.3, -0.25) is 4.90 Å². The third-order valence-corrected chi connectivity index (χ3v) is 6.01. The van der Waals surface area contributed by atoms with Crippen LogP contribution < -0.4 is 0 Å². The Bertz CT molecular complexity index is 516. The van der Waals surface area contributed by atoms with Crippen molar-refractivity contribution in [2.75, 3.05) is 20.8 Å². The molecule has 0 aromatic carbocycles. The Morgan fingerprint density at radius 2 is 2.15 bits per heavy atom. The summed E-state index contributed by atoms with van der Waals surface area (Å²) in [5, 5.41) is 0. The lowest BCUT2D eigenvalue weighted by Gasteiger charge is -2.45. The summed E-state index contributed by atoms with van der Waals surface area (Å²) in [7, 11) is 3.33. The normalized spacial score (nSPS) is 45.4. The molecule has 0 aromatic rings. The van der Waals surface area contributed by atoms with Gasteiger partial charge in [0.25, 0.3) is 0 Å². The van der Waals surface area contributed by atoms with Crippen LogP contribution in [0.3, 0.4) is 0 Å². The van der Waals surface area contributed by atoms with Gasteiger partial charge in [-0.05, 0) is 25.2 Å². The van der Waals surface area contributed by atoms with E-state index in [0.717, 1.165) is 43.7 Å². The monoisotopic (exact) mass is 279 g/mol. The summed E-state index contributed by atoms with van der Waals surface area (Å²) in [6.07, 6.45) is 3.87. The molecule has 0 aromatic heterocycles. The minimum Gasteiger partial charge on any atom is -0.497 e. The zero-order valence-corrected chi connectivity index (χ0v) is 12.3. The zero-order chi connectivity index (χ0) is 14.1.